The zero-order valence-electron chi connectivity index (χ0n) is 12.0. The van der Waals surface area contributed by atoms with E-state index in [1.807, 2.05) is 30.3 Å². The van der Waals surface area contributed by atoms with Gasteiger partial charge in [-0.1, -0.05) is 30.3 Å². The summed E-state index contributed by atoms with van der Waals surface area (Å²) in [6, 6.07) is 9.49. The molecule has 0 bridgehead atoms. The molecule has 5 nitrogen and oxygen atoms in total. The van der Waals surface area contributed by atoms with Gasteiger partial charge >= 0.3 is 5.97 Å². The third-order valence-corrected chi connectivity index (χ3v) is 3.98. The normalized spacial score (nSPS) is 27.5. The van der Waals surface area contributed by atoms with Crippen LogP contribution in [0.1, 0.15) is 25.5 Å². The first-order valence-corrected chi connectivity index (χ1v) is 6.99. The number of carbonyl (C=O) groups is 2. The Bertz CT molecular complexity index is 610. The minimum Gasteiger partial charge on any atom is -0.462 e. The molecule has 0 radical (unpaired) electrons. The van der Waals surface area contributed by atoms with Crippen molar-refractivity contribution in [2.45, 2.75) is 25.6 Å². The number of fused-ring (bicyclic) bond motifs is 1. The van der Waals surface area contributed by atoms with Gasteiger partial charge in [0.05, 0.1) is 24.8 Å². The lowest BCUT2D eigenvalue weighted by Gasteiger charge is -2.31. The van der Waals surface area contributed by atoms with Gasteiger partial charge in [0.15, 0.2) is 5.72 Å². The molecule has 0 unspecified atom stereocenters. The number of carbonyl (C=O) groups excluding carboxylic acids is 2. The summed E-state index contributed by atoms with van der Waals surface area (Å²) >= 11 is 0. The van der Waals surface area contributed by atoms with Crippen LogP contribution in [0.15, 0.2) is 42.0 Å². The zero-order valence-corrected chi connectivity index (χ0v) is 12.0. The van der Waals surface area contributed by atoms with Crippen LogP contribution < -0.4 is 0 Å². The Balaban J connectivity index is 1.93. The van der Waals surface area contributed by atoms with Gasteiger partial charge in [-0.15, -0.1) is 0 Å². The second-order valence-electron chi connectivity index (χ2n) is 5.21. The minimum atomic E-state index is -1.04. The van der Waals surface area contributed by atoms with Crippen molar-refractivity contribution in [3.05, 3.63) is 47.5 Å². The maximum Gasteiger partial charge on any atom is 0.339 e. The number of nitrogens with zero attached hydrogens (tertiary/aromatic N) is 1. The molecule has 21 heavy (non-hydrogen) atoms. The van der Waals surface area contributed by atoms with E-state index >= 15 is 0 Å². The SMILES string of the molecule is CCOC(=O)C1=CC(=O)N2[C@H](c3ccccc3)CO[C@@]12C. The first-order valence-electron chi connectivity index (χ1n) is 6.99. The minimum absolute atomic E-state index is 0.188. The second kappa shape index (κ2) is 5.00. The molecular weight excluding hydrogens is 270 g/mol. The van der Waals surface area contributed by atoms with Crippen molar-refractivity contribution in [2.24, 2.45) is 0 Å². The van der Waals surface area contributed by atoms with Crippen LogP contribution in [-0.4, -0.2) is 35.7 Å². The summed E-state index contributed by atoms with van der Waals surface area (Å²) in [5, 5.41) is 0. The lowest BCUT2D eigenvalue weighted by molar-refractivity contribution is -0.144. The summed E-state index contributed by atoms with van der Waals surface area (Å²) in [6.07, 6.45) is 1.33. The average molecular weight is 287 g/mol. The Labute approximate surface area is 123 Å². The Kier molecular flexibility index (Phi) is 3.29. The highest BCUT2D eigenvalue weighted by Gasteiger charge is 2.55. The van der Waals surface area contributed by atoms with E-state index < -0.39 is 11.7 Å². The standard InChI is InChI=1S/C16H17NO4/c1-3-20-15(19)12-9-14(18)17-13(10-21-16(12,17)2)11-7-5-4-6-8-11/h4-9,13H,3,10H2,1-2H3/t13-,16-/m0/s1. The molecule has 2 aliphatic heterocycles. The van der Waals surface area contributed by atoms with Crippen molar-refractivity contribution in [1.82, 2.24) is 4.90 Å². The summed E-state index contributed by atoms with van der Waals surface area (Å²) in [7, 11) is 0. The van der Waals surface area contributed by atoms with Crippen LogP contribution in [0.25, 0.3) is 0 Å². The van der Waals surface area contributed by atoms with Gasteiger partial charge in [0, 0.05) is 6.08 Å². The quantitative estimate of drug-likeness (QED) is 0.796. The summed E-state index contributed by atoms with van der Waals surface area (Å²) in [5.74, 6) is -0.712. The molecule has 0 aliphatic carbocycles. The molecule has 2 atom stereocenters. The predicted octanol–water partition coefficient (Wildman–Crippen LogP) is 1.81. The van der Waals surface area contributed by atoms with E-state index in [0.717, 1.165) is 5.56 Å². The molecule has 1 saturated heterocycles. The van der Waals surface area contributed by atoms with Crippen molar-refractivity contribution in [3.8, 4) is 0 Å². The van der Waals surface area contributed by atoms with Crippen molar-refractivity contribution < 1.29 is 19.1 Å². The molecule has 1 aromatic rings. The summed E-state index contributed by atoms with van der Waals surface area (Å²) < 4.78 is 10.8. The predicted molar refractivity (Wildman–Crippen MR) is 75.1 cm³/mol. The van der Waals surface area contributed by atoms with Gasteiger partial charge < -0.3 is 9.47 Å². The largest absolute Gasteiger partial charge is 0.462 e. The summed E-state index contributed by atoms with van der Waals surface area (Å²) in [5.41, 5.74) is 0.227. The molecule has 0 aromatic heterocycles. The number of rotatable bonds is 3. The van der Waals surface area contributed by atoms with Crippen LogP contribution in [-0.2, 0) is 19.1 Å². The van der Waals surface area contributed by atoms with Crippen molar-refractivity contribution in [2.75, 3.05) is 13.2 Å². The van der Waals surface area contributed by atoms with E-state index in [0.29, 0.717) is 6.61 Å². The Morgan fingerprint density at radius 2 is 2.14 bits per heavy atom. The fourth-order valence-electron chi connectivity index (χ4n) is 2.96. The van der Waals surface area contributed by atoms with Crippen LogP contribution >= 0.6 is 0 Å². The van der Waals surface area contributed by atoms with E-state index in [-0.39, 0.29) is 24.1 Å². The number of benzene rings is 1. The lowest BCUT2D eigenvalue weighted by Crippen LogP contribution is -2.44. The number of hydrogen-bond donors (Lipinski definition) is 0. The smallest absolute Gasteiger partial charge is 0.339 e. The zero-order chi connectivity index (χ0) is 15.0. The van der Waals surface area contributed by atoms with Gasteiger partial charge in [-0.05, 0) is 19.4 Å². The molecular formula is C16H17NO4. The average Bonchev–Trinajstić information content (AvgIpc) is 2.95. The van der Waals surface area contributed by atoms with Gasteiger partial charge in [0.1, 0.15) is 0 Å². The lowest BCUT2D eigenvalue weighted by atomic mass is 10.0. The first-order chi connectivity index (χ1) is 10.1. The van der Waals surface area contributed by atoms with Crippen molar-refractivity contribution >= 4 is 11.9 Å². The number of esters is 1. The molecule has 0 N–H and O–H groups in total. The number of ether oxygens (including phenoxy) is 2. The Morgan fingerprint density at radius 1 is 1.43 bits per heavy atom. The van der Waals surface area contributed by atoms with E-state index in [1.54, 1.807) is 18.7 Å². The molecule has 2 heterocycles. The highest BCUT2D eigenvalue weighted by Crippen LogP contribution is 2.45. The van der Waals surface area contributed by atoms with Gasteiger partial charge in [-0.2, -0.15) is 0 Å². The molecule has 2 aliphatic rings. The maximum atomic E-state index is 12.3. The fraction of sp³-hybridized carbons (Fsp3) is 0.375. The third kappa shape index (κ3) is 2.05. The van der Waals surface area contributed by atoms with Gasteiger partial charge in [0.25, 0.3) is 0 Å². The van der Waals surface area contributed by atoms with E-state index in [2.05, 4.69) is 0 Å². The van der Waals surface area contributed by atoms with E-state index in [9.17, 15) is 9.59 Å². The molecule has 1 fully saturated rings. The van der Waals surface area contributed by atoms with E-state index in [1.165, 1.54) is 6.08 Å². The first kappa shape index (κ1) is 13.8. The van der Waals surface area contributed by atoms with Gasteiger partial charge in [-0.3, -0.25) is 9.69 Å². The molecule has 0 saturated carbocycles. The van der Waals surface area contributed by atoms with Crippen LogP contribution in [0, 0.1) is 0 Å². The Morgan fingerprint density at radius 3 is 2.81 bits per heavy atom. The second-order valence-corrected chi connectivity index (χ2v) is 5.21. The molecule has 5 heteroatoms. The summed E-state index contributed by atoms with van der Waals surface area (Å²) in [4.78, 5) is 26.0. The van der Waals surface area contributed by atoms with Gasteiger partial charge in [-0.25, -0.2) is 4.79 Å². The van der Waals surface area contributed by atoms with Crippen molar-refractivity contribution in [3.63, 3.8) is 0 Å². The topological polar surface area (TPSA) is 55.8 Å². The van der Waals surface area contributed by atoms with Crippen LogP contribution in [0.2, 0.25) is 0 Å². The Hall–Kier alpha value is -2.14. The third-order valence-electron chi connectivity index (χ3n) is 3.98. The molecule has 110 valence electrons. The number of hydrogen-bond acceptors (Lipinski definition) is 4. The van der Waals surface area contributed by atoms with Crippen LogP contribution in [0.5, 0.6) is 0 Å². The molecule has 0 spiro atoms. The maximum absolute atomic E-state index is 12.3. The monoisotopic (exact) mass is 287 g/mol. The van der Waals surface area contributed by atoms with Crippen LogP contribution in [0.3, 0.4) is 0 Å². The van der Waals surface area contributed by atoms with E-state index in [4.69, 9.17) is 9.47 Å². The number of amides is 1. The molecule has 3 rings (SSSR count). The fourth-order valence-corrected chi connectivity index (χ4v) is 2.96. The molecule has 1 aromatic carbocycles. The molecule has 1 amide bonds. The van der Waals surface area contributed by atoms with Gasteiger partial charge in [0.2, 0.25) is 5.91 Å². The van der Waals surface area contributed by atoms with Crippen molar-refractivity contribution in [1.29, 1.82) is 0 Å². The highest BCUT2D eigenvalue weighted by atomic mass is 16.6. The van der Waals surface area contributed by atoms with Crippen LogP contribution in [0.4, 0.5) is 0 Å². The summed E-state index contributed by atoms with van der Waals surface area (Å²) in [6.45, 7) is 4.10. The highest BCUT2D eigenvalue weighted by molar-refractivity contribution is 6.04.